The lowest BCUT2D eigenvalue weighted by atomic mass is 9.44. The Kier molecular flexibility index (Phi) is 4.61. The van der Waals surface area contributed by atoms with E-state index in [4.69, 9.17) is 9.73 Å². The number of hydrogen-bond donors (Lipinski definition) is 0. The molecule has 0 aromatic heterocycles. The highest BCUT2D eigenvalue weighted by molar-refractivity contribution is 5.47. The van der Waals surface area contributed by atoms with Gasteiger partial charge >= 0.3 is 0 Å². The molecule has 0 heterocycles. The fourth-order valence-corrected chi connectivity index (χ4v) is 7.48. The monoisotopic (exact) mass is 401 g/mol. The largest absolute Gasteiger partial charge is 0.489 e. The van der Waals surface area contributed by atoms with Gasteiger partial charge in [-0.1, -0.05) is 57.2 Å². The highest BCUT2D eigenvalue weighted by Crippen LogP contribution is 2.70. The van der Waals surface area contributed by atoms with Crippen LogP contribution in [0.5, 0.6) is 5.75 Å². The van der Waals surface area contributed by atoms with E-state index >= 15 is 0 Å². The summed E-state index contributed by atoms with van der Waals surface area (Å²) in [4.78, 5) is 4.96. The molecule has 0 spiro atoms. The smallest absolute Gasteiger partial charge is 0.120 e. The zero-order valence-electron chi connectivity index (χ0n) is 18.8. The normalized spacial score (nSPS) is 37.0. The molecule has 0 radical (unpaired) electrons. The molecule has 3 aliphatic rings. The van der Waals surface area contributed by atoms with E-state index in [-0.39, 0.29) is 11.0 Å². The lowest BCUT2D eigenvalue weighted by molar-refractivity contribution is -0.0810. The molecule has 2 fully saturated rings. The summed E-state index contributed by atoms with van der Waals surface area (Å²) in [6.45, 7) is 12.4. The van der Waals surface area contributed by atoms with Crippen molar-refractivity contribution in [2.24, 2.45) is 27.7 Å². The number of hydrogen-bond acceptors (Lipinski definition) is 2. The van der Waals surface area contributed by atoms with Gasteiger partial charge in [-0.15, -0.1) is 0 Å². The number of nitrogens with zero attached hydrogens (tertiary/aromatic N) is 1. The van der Waals surface area contributed by atoms with Crippen LogP contribution in [0.25, 0.3) is 0 Å². The van der Waals surface area contributed by atoms with Crippen LogP contribution in [-0.2, 0) is 18.6 Å². The third kappa shape index (κ3) is 2.65. The second-order valence-electron chi connectivity index (χ2n) is 10.6. The zero-order chi connectivity index (χ0) is 21.0. The summed E-state index contributed by atoms with van der Waals surface area (Å²) in [7, 11) is 0. The molecule has 5 atom stereocenters. The molecule has 0 unspecified atom stereocenters. The Labute approximate surface area is 181 Å². The first-order valence-corrected chi connectivity index (χ1v) is 11.7. The first-order chi connectivity index (χ1) is 14.4. The van der Waals surface area contributed by atoms with Gasteiger partial charge in [0.25, 0.3) is 0 Å². The Hall–Kier alpha value is -2.09. The summed E-state index contributed by atoms with van der Waals surface area (Å²) in [6, 6.07) is 17.1. The number of benzene rings is 2. The second-order valence-corrected chi connectivity index (χ2v) is 10.6. The van der Waals surface area contributed by atoms with Gasteiger partial charge in [0, 0.05) is 5.41 Å². The maximum Gasteiger partial charge on any atom is 0.120 e. The van der Waals surface area contributed by atoms with Crippen molar-refractivity contribution < 1.29 is 4.74 Å². The van der Waals surface area contributed by atoms with Crippen molar-refractivity contribution in [2.45, 2.75) is 71.4 Å². The summed E-state index contributed by atoms with van der Waals surface area (Å²) in [5, 5.41) is 0. The Morgan fingerprint density at radius 3 is 2.60 bits per heavy atom. The lowest BCUT2D eigenvalue weighted by Gasteiger charge is -2.62. The number of aliphatic imine (C=N–C) groups is 1. The predicted molar refractivity (Wildman–Crippen MR) is 124 cm³/mol. The van der Waals surface area contributed by atoms with E-state index in [1.807, 2.05) is 6.07 Å². The molecule has 2 saturated carbocycles. The molecule has 5 rings (SSSR count). The van der Waals surface area contributed by atoms with Gasteiger partial charge in [0.2, 0.25) is 0 Å². The average Bonchev–Trinajstić information content (AvgIpc) is 3.08. The summed E-state index contributed by atoms with van der Waals surface area (Å²) >= 11 is 0. The molecule has 2 nitrogen and oxygen atoms in total. The van der Waals surface area contributed by atoms with Crippen molar-refractivity contribution in [3.05, 3.63) is 65.2 Å². The van der Waals surface area contributed by atoms with Gasteiger partial charge in [0.05, 0.1) is 5.54 Å². The van der Waals surface area contributed by atoms with Crippen molar-refractivity contribution in [3.8, 4) is 5.75 Å². The summed E-state index contributed by atoms with van der Waals surface area (Å²) in [6.07, 6.45) is 7.42. The van der Waals surface area contributed by atoms with Crippen LogP contribution in [0.2, 0.25) is 0 Å². The standard InChI is InChI=1S/C28H35NO/c1-20-10-13-25-26(20,2)16-17-28(29-4)24-12-11-23(18-22(24)14-15-27(25,28)3)30-19-21-8-6-5-7-9-21/h5-9,11-12,18,20,25H,4,10,13-17,19H2,1-3H3/t20-,25+,26+,27-,28-/m0/s1. The molecule has 158 valence electrons. The van der Waals surface area contributed by atoms with Crippen LogP contribution in [0.1, 0.15) is 69.6 Å². The highest BCUT2D eigenvalue weighted by Gasteiger charge is 2.65. The quantitative estimate of drug-likeness (QED) is 0.507. The number of aryl methyl sites for hydroxylation is 1. The van der Waals surface area contributed by atoms with Crippen LogP contribution in [0, 0.1) is 22.7 Å². The summed E-state index contributed by atoms with van der Waals surface area (Å²) in [5.74, 6) is 2.52. The van der Waals surface area contributed by atoms with Crippen LogP contribution in [-0.4, -0.2) is 6.72 Å². The molecule has 0 N–H and O–H groups in total. The minimum absolute atomic E-state index is 0.146. The Morgan fingerprint density at radius 1 is 1.03 bits per heavy atom. The van der Waals surface area contributed by atoms with Crippen molar-refractivity contribution >= 4 is 6.72 Å². The molecule has 0 aliphatic heterocycles. The molecule has 2 aromatic carbocycles. The van der Waals surface area contributed by atoms with Crippen molar-refractivity contribution in [3.63, 3.8) is 0 Å². The van der Waals surface area contributed by atoms with E-state index in [0.717, 1.165) is 30.4 Å². The van der Waals surface area contributed by atoms with Crippen LogP contribution in [0.15, 0.2) is 53.5 Å². The molecule has 2 heteroatoms. The zero-order valence-corrected chi connectivity index (χ0v) is 18.8. The topological polar surface area (TPSA) is 21.6 Å². The number of ether oxygens (including phenoxy) is 1. The average molecular weight is 402 g/mol. The Balaban J connectivity index is 1.47. The van der Waals surface area contributed by atoms with Gasteiger partial charge in [-0.2, -0.15) is 0 Å². The molecule has 0 amide bonds. The SMILES string of the molecule is C=N[C@]12CC[C@@]3(C)[C@@H](CC[C@@H]3C)[C@]1(C)CCc1cc(OCc3ccccc3)ccc12. The van der Waals surface area contributed by atoms with Crippen molar-refractivity contribution in [1.82, 2.24) is 0 Å². The molecule has 3 aliphatic carbocycles. The van der Waals surface area contributed by atoms with Gasteiger partial charge in [-0.3, -0.25) is 4.99 Å². The third-order valence-corrected chi connectivity index (χ3v) is 9.50. The van der Waals surface area contributed by atoms with Gasteiger partial charge in [0.1, 0.15) is 12.4 Å². The summed E-state index contributed by atoms with van der Waals surface area (Å²) < 4.78 is 6.14. The molecule has 0 bridgehead atoms. The molecule has 2 aromatic rings. The van der Waals surface area contributed by atoms with E-state index in [1.165, 1.54) is 42.4 Å². The minimum Gasteiger partial charge on any atom is -0.489 e. The van der Waals surface area contributed by atoms with E-state index in [9.17, 15) is 0 Å². The van der Waals surface area contributed by atoms with Crippen LogP contribution >= 0.6 is 0 Å². The van der Waals surface area contributed by atoms with Crippen molar-refractivity contribution in [2.75, 3.05) is 0 Å². The van der Waals surface area contributed by atoms with Crippen LogP contribution in [0.4, 0.5) is 0 Å². The number of rotatable bonds is 4. The Morgan fingerprint density at radius 2 is 1.83 bits per heavy atom. The van der Waals surface area contributed by atoms with Gasteiger partial charge in [-0.05, 0) is 91.3 Å². The molecule has 0 saturated heterocycles. The molecule has 30 heavy (non-hydrogen) atoms. The predicted octanol–water partition coefficient (Wildman–Crippen LogP) is 6.96. The van der Waals surface area contributed by atoms with E-state index in [0.29, 0.717) is 12.0 Å². The maximum atomic E-state index is 6.14. The third-order valence-electron chi connectivity index (χ3n) is 9.50. The number of fused-ring (bicyclic) bond motifs is 5. The van der Waals surface area contributed by atoms with Gasteiger partial charge in [-0.25, -0.2) is 0 Å². The van der Waals surface area contributed by atoms with E-state index < -0.39 is 0 Å². The molecular formula is C28H35NO. The minimum atomic E-state index is -0.146. The Bertz CT molecular complexity index is 952. The maximum absolute atomic E-state index is 6.14. The lowest BCUT2D eigenvalue weighted by Crippen LogP contribution is -2.57. The molecular weight excluding hydrogens is 366 g/mol. The van der Waals surface area contributed by atoms with Crippen LogP contribution in [0.3, 0.4) is 0 Å². The fraction of sp³-hybridized carbons (Fsp3) is 0.536. The van der Waals surface area contributed by atoms with E-state index in [1.54, 1.807) is 0 Å². The first kappa shape index (κ1) is 19.8. The first-order valence-electron chi connectivity index (χ1n) is 11.7. The van der Waals surface area contributed by atoms with Gasteiger partial charge < -0.3 is 4.74 Å². The second kappa shape index (κ2) is 6.97. The van der Waals surface area contributed by atoms with Crippen molar-refractivity contribution in [1.29, 1.82) is 0 Å². The van der Waals surface area contributed by atoms with E-state index in [2.05, 4.69) is 70.0 Å². The fourth-order valence-electron chi connectivity index (χ4n) is 7.48. The van der Waals surface area contributed by atoms with Crippen LogP contribution < -0.4 is 4.74 Å². The highest BCUT2D eigenvalue weighted by atomic mass is 16.5. The summed E-state index contributed by atoms with van der Waals surface area (Å²) in [5.41, 5.74) is 4.55. The van der Waals surface area contributed by atoms with Gasteiger partial charge in [0.15, 0.2) is 0 Å².